The number of ether oxygens (including phenoxy) is 1. The Bertz CT molecular complexity index is 509. The zero-order valence-corrected chi connectivity index (χ0v) is 13.0. The van der Waals surface area contributed by atoms with E-state index >= 15 is 0 Å². The van der Waals surface area contributed by atoms with Crippen LogP contribution in [0, 0.1) is 6.92 Å². The molecule has 0 amide bonds. The normalized spacial score (nSPS) is 29.3. The number of nitrogens with one attached hydrogen (secondary N) is 1. The molecule has 0 aliphatic heterocycles. The van der Waals surface area contributed by atoms with Gasteiger partial charge in [-0.3, -0.25) is 14.8 Å². The molecule has 2 unspecified atom stereocenters. The summed E-state index contributed by atoms with van der Waals surface area (Å²) in [6, 6.07) is 2.80. The molecule has 5 nitrogen and oxygen atoms in total. The van der Waals surface area contributed by atoms with E-state index in [0.29, 0.717) is 12.6 Å². The fourth-order valence-corrected chi connectivity index (χ4v) is 3.37. The molecule has 3 rings (SSSR count). The van der Waals surface area contributed by atoms with Crippen molar-refractivity contribution in [1.82, 2.24) is 15.1 Å². The summed E-state index contributed by atoms with van der Waals surface area (Å²) in [4.78, 5) is 12.6. The van der Waals surface area contributed by atoms with Gasteiger partial charge in [-0.15, -0.1) is 0 Å². The summed E-state index contributed by atoms with van der Waals surface area (Å²) in [5.74, 6) is -0.0783. The molecule has 0 radical (unpaired) electrons. The molecule has 2 aliphatic carbocycles. The van der Waals surface area contributed by atoms with Gasteiger partial charge >= 0.3 is 5.97 Å². The molecule has 5 heteroatoms. The third-order valence-electron chi connectivity index (χ3n) is 4.56. The van der Waals surface area contributed by atoms with Gasteiger partial charge in [-0.1, -0.05) is 0 Å². The van der Waals surface area contributed by atoms with Gasteiger partial charge < -0.3 is 4.74 Å². The molecule has 2 saturated carbocycles. The Labute approximate surface area is 126 Å². The highest BCUT2D eigenvalue weighted by atomic mass is 16.5. The van der Waals surface area contributed by atoms with E-state index in [0.717, 1.165) is 31.4 Å². The van der Waals surface area contributed by atoms with Crippen LogP contribution in [0.15, 0.2) is 12.3 Å². The van der Waals surface area contributed by atoms with Crippen LogP contribution in [-0.4, -0.2) is 33.9 Å². The molecule has 1 aromatic rings. The van der Waals surface area contributed by atoms with Gasteiger partial charge in [-0.05, 0) is 58.4 Å². The summed E-state index contributed by atoms with van der Waals surface area (Å²) in [5.41, 5.74) is 0.511. The Kier molecular flexibility index (Phi) is 4.02. The maximum absolute atomic E-state index is 12.6. The van der Waals surface area contributed by atoms with Crippen LogP contribution in [0.5, 0.6) is 0 Å². The molecule has 0 aromatic carbocycles. The number of carbonyl (C=O) groups is 1. The molecule has 1 N–H and O–H groups in total. The third kappa shape index (κ3) is 3.12. The summed E-state index contributed by atoms with van der Waals surface area (Å²) in [7, 11) is 0. The molecule has 116 valence electrons. The van der Waals surface area contributed by atoms with Crippen LogP contribution in [0.25, 0.3) is 0 Å². The highest BCUT2D eigenvalue weighted by molar-refractivity contribution is 5.81. The molecule has 2 fully saturated rings. The van der Waals surface area contributed by atoms with E-state index in [2.05, 4.69) is 10.4 Å². The number of hydrogen-bond donors (Lipinski definition) is 1. The first-order valence-electron chi connectivity index (χ1n) is 8.09. The Morgan fingerprint density at radius 1 is 1.52 bits per heavy atom. The highest BCUT2D eigenvalue weighted by Crippen LogP contribution is 2.38. The Balaban J connectivity index is 1.79. The van der Waals surface area contributed by atoms with Crippen molar-refractivity contribution in [1.29, 1.82) is 0 Å². The summed E-state index contributed by atoms with van der Waals surface area (Å²) in [6.07, 6.45) is 8.14. The minimum atomic E-state index is -0.514. The van der Waals surface area contributed by atoms with Gasteiger partial charge in [0.25, 0.3) is 0 Å². The monoisotopic (exact) mass is 291 g/mol. The van der Waals surface area contributed by atoms with Crippen LogP contribution in [0.1, 0.15) is 57.2 Å². The van der Waals surface area contributed by atoms with Gasteiger partial charge in [0, 0.05) is 12.2 Å². The smallest absolute Gasteiger partial charge is 0.326 e. The van der Waals surface area contributed by atoms with Crippen molar-refractivity contribution < 1.29 is 9.53 Å². The topological polar surface area (TPSA) is 56.1 Å². The van der Waals surface area contributed by atoms with E-state index in [1.807, 2.05) is 30.8 Å². The molecule has 2 atom stereocenters. The molecule has 1 aromatic heterocycles. The predicted octanol–water partition coefficient (Wildman–Crippen LogP) is 2.36. The van der Waals surface area contributed by atoms with Crippen LogP contribution < -0.4 is 5.32 Å². The fourth-order valence-electron chi connectivity index (χ4n) is 3.37. The number of aryl methyl sites for hydroxylation is 1. The van der Waals surface area contributed by atoms with Crippen LogP contribution in [0.4, 0.5) is 0 Å². The Morgan fingerprint density at radius 2 is 2.33 bits per heavy atom. The standard InChI is InChI=1S/C16H25N3O2/c1-3-21-15(20)16(17-13-6-7-13)9-4-5-14(11-16)19-10-8-12(2)18-19/h8,10,13-14,17H,3-7,9,11H2,1-2H3. The van der Waals surface area contributed by atoms with Crippen LogP contribution in [0.3, 0.4) is 0 Å². The zero-order chi connectivity index (χ0) is 14.9. The largest absolute Gasteiger partial charge is 0.465 e. The van der Waals surface area contributed by atoms with Gasteiger partial charge in [0.05, 0.1) is 18.3 Å². The van der Waals surface area contributed by atoms with Crippen molar-refractivity contribution in [3.05, 3.63) is 18.0 Å². The molecular formula is C16H25N3O2. The van der Waals surface area contributed by atoms with Crippen molar-refractivity contribution in [2.75, 3.05) is 6.61 Å². The SMILES string of the molecule is CCOC(=O)C1(NC2CC2)CCCC(n2ccc(C)n2)C1. The van der Waals surface area contributed by atoms with Crippen molar-refractivity contribution in [2.45, 2.75) is 70.0 Å². The number of esters is 1. The van der Waals surface area contributed by atoms with E-state index in [-0.39, 0.29) is 12.0 Å². The molecule has 0 saturated heterocycles. The van der Waals surface area contributed by atoms with Gasteiger partial charge in [0.1, 0.15) is 5.54 Å². The number of hydrogen-bond acceptors (Lipinski definition) is 4. The number of carbonyl (C=O) groups excluding carboxylic acids is 1. The summed E-state index contributed by atoms with van der Waals surface area (Å²) < 4.78 is 7.40. The first-order chi connectivity index (χ1) is 10.1. The minimum absolute atomic E-state index is 0.0783. The molecule has 21 heavy (non-hydrogen) atoms. The maximum atomic E-state index is 12.6. The van der Waals surface area contributed by atoms with Crippen molar-refractivity contribution in [3.8, 4) is 0 Å². The molecule has 0 spiro atoms. The average molecular weight is 291 g/mol. The summed E-state index contributed by atoms with van der Waals surface area (Å²) in [6.45, 7) is 4.32. The summed E-state index contributed by atoms with van der Waals surface area (Å²) in [5, 5.41) is 8.12. The first kappa shape index (κ1) is 14.6. The zero-order valence-electron chi connectivity index (χ0n) is 13.0. The van der Waals surface area contributed by atoms with Gasteiger partial charge in [-0.25, -0.2) is 0 Å². The van der Waals surface area contributed by atoms with E-state index < -0.39 is 5.54 Å². The molecule has 0 bridgehead atoms. The molecule has 2 aliphatic rings. The van der Waals surface area contributed by atoms with Crippen molar-refractivity contribution >= 4 is 5.97 Å². The van der Waals surface area contributed by atoms with Crippen LogP contribution in [0.2, 0.25) is 0 Å². The number of aromatic nitrogens is 2. The van der Waals surface area contributed by atoms with E-state index in [9.17, 15) is 4.79 Å². The van der Waals surface area contributed by atoms with E-state index in [4.69, 9.17) is 4.74 Å². The second kappa shape index (κ2) is 5.79. The lowest BCUT2D eigenvalue weighted by Crippen LogP contribution is -2.56. The van der Waals surface area contributed by atoms with Crippen LogP contribution >= 0.6 is 0 Å². The predicted molar refractivity (Wildman–Crippen MR) is 80.0 cm³/mol. The third-order valence-corrected chi connectivity index (χ3v) is 4.56. The first-order valence-corrected chi connectivity index (χ1v) is 8.09. The second-order valence-electron chi connectivity index (χ2n) is 6.41. The maximum Gasteiger partial charge on any atom is 0.326 e. The minimum Gasteiger partial charge on any atom is -0.465 e. The van der Waals surface area contributed by atoms with Gasteiger partial charge in [-0.2, -0.15) is 5.10 Å². The van der Waals surface area contributed by atoms with Crippen molar-refractivity contribution in [3.63, 3.8) is 0 Å². The van der Waals surface area contributed by atoms with E-state index in [1.54, 1.807) is 0 Å². The lowest BCUT2D eigenvalue weighted by atomic mass is 9.78. The Morgan fingerprint density at radius 3 is 2.95 bits per heavy atom. The Hall–Kier alpha value is -1.36. The number of rotatable bonds is 5. The average Bonchev–Trinajstić information content (AvgIpc) is 3.17. The highest BCUT2D eigenvalue weighted by Gasteiger charge is 2.47. The quantitative estimate of drug-likeness (QED) is 0.846. The van der Waals surface area contributed by atoms with Gasteiger partial charge in [0.15, 0.2) is 0 Å². The van der Waals surface area contributed by atoms with E-state index in [1.165, 1.54) is 12.8 Å². The lowest BCUT2D eigenvalue weighted by molar-refractivity contribution is -0.153. The van der Waals surface area contributed by atoms with Crippen LogP contribution in [-0.2, 0) is 9.53 Å². The number of nitrogens with zero attached hydrogens (tertiary/aromatic N) is 2. The lowest BCUT2D eigenvalue weighted by Gasteiger charge is -2.39. The summed E-state index contributed by atoms with van der Waals surface area (Å²) >= 11 is 0. The fraction of sp³-hybridized carbons (Fsp3) is 0.750. The second-order valence-corrected chi connectivity index (χ2v) is 6.41. The molecule has 1 heterocycles. The van der Waals surface area contributed by atoms with Crippen molar-refractivity contribution in [2.24, 2.45) is 0 Å². The van der Waals surface area contributed by atoms with Gasteiger partial charge in [0.2, 0.25) is 0 Å². The molecular weight excluding hydrogens is 266 g/mol.